The zero-order valence-corrected chi connectivity index (χ0v) is 15.0. The number of anilines is 1. The van der Waals surface area contributed by atoms with Crippen LogP contribution in [0.2, 0.25) is 5.15 Å². The summed E-state index contributed by atoms with van der Waals surface area (Å²) in [4.78, 5) is 8.00. The molecule has 5 nitrogen and oxygen atoms in total. The van der Waals surface area contributed by atoms with Gasteiger partial charge in [-0.15, -0.1) is 0 Å². The van der Waals surface area contributed by atoms with Crippen LogP contribution in [0.15, 0.2) is 29.1 Å². The quantitative estimate of drug-likeness (QED) is 0.362. The van der Waals surface area contributed by atoms with Gasteiger partial charge in [-0.1, -0.05) is 11.6 Å². The van der Waals surface area contributed by atoms with Crippen LogP contribution < -0.4 is 5.73 Å². The third-order valence-electron chi connectivity index (χ3n) is 3.91. The first-order valence-electron chi connectivity index (χ1n) is 7.08. The van der Waals surface area contributed by atoms with E-state index in [2.05, 4.69) is 31.0 Å². The Morgan fingerprint density at radius 3 is 2.64 bits per heavy atom. The van der Waals surface area contributed by atoms with E-state index in [4.69, 9.17) is 17.3 Å². The highest BCUT2D eigenvalue weighted by atomic mass is 79.9. The molecule has 4 rings (SSSR count). The molecule has 25 heavy (non-hydrogen) atoms. The molecule has 0 aliphatic carbocycles. The summed E-state index contributed by atoms with van der Waals surface area (Å²) >= 11 is 9.40. The van der Waals surface area contributed by atoms with Gasteiger partial charge >= 0.3 is 0 Å². The van der Waals surface area contributed by atoms with Crippen molar-refractivity contribution >= 4 is 55.0 Å². The molecular weight excluding hydrogens is 416 g/mol. The van der Waals surface area contributed by atoms with Gasteiger partial charge < -0.3 is 5.73 Å². The molecular formula is C16H9BrClF2N5. The normalized spacial score (nSPS) is 11.6. The van der Waals surface area contributed by atoms with E-state index >= 15 is 0 Å². The van der Waals surface area contributed by atoms with Gasteiger partial charge in [0.25, 0.3) is 0 Å². The largest absolute Gasteiger partial charge is 0.398 e. The topological polar surface area (TPSA) is 69.6 Å². The van der Waals surface area contributed by atoms with Crippen molar-refractivity contribution in [1.82, 2.24) is 19.7 Å². The van der Waals surface area contributed by atoms with E-state index in [1.54, 1.807) is 13.2 Å². The Morgan fingerprint density at radius 2 is 1.88 bits per heavy atom. The predicted molar refractivity (Wildman–Crippen MR) is 96.3 cm³/mol. The molecule has 0 bridgehead atoms. The Morgan fingerprint density at radius 1 is 1.12 bits per heavy atom. The number of nitrogen functional groups attached to an aromatic ring is 1. The predicted octanol–water partition coefficient (Wildman–Crippen LogP) is 4.46. The van der Waals surface area contributed by atoms with E-state index < -0.39 is 11.6 Å². The van der Waals surface area contributed by atoms with E-state index in [1.165, 1.54) is 23.1 Å². The standard InChI is InChI=1S/C16H9BrClF2N5/c1-25-4-6-11(10(21)3-9(20)14(6)24-25)12-7(17)2-8(19)13-15(12)22-5-23-16(13)18/h2-5H,21H2,1H3. The first-order valence-corrected chi connectivity index (χ1v) is 8.25. The number of benzene rings is 2. The van der Waals surface area contributed by atoms with Crippen molar-refractivity contribution in [3.63, 3.8) is 0 Å². The summed E-state index contributed by atoms with van der Waals surface area (Å²) in [7, 11) is 1.68. The summed E-state index contributed by atoms with van der Waals surface area (Å²) < 4.78 is 30.5. The summed E-state index contributed by atoms with van der Waals surface area (Å²) in [6.07, 6.45) is 2.88. The Labute approximate surface area is 153 Å². The van der Waals surface area contributed by atoms with E-state index in [-0.39, 0.29) is 27.3 Å². The smallest absolute Gasteiger partial charge is 0.153 e. The molecule has 0 spiro atoms. The molecule has 126 valence electrons. The molecule has 0 unspecified atom stereocenters. The minimum Gasteiger partial charge on any atom is -0.398 e. The number of aryl methyl sites for hydroxylation is 1. The molecule has 2 heterocycles. The lowest BCUT2D eigenvalue weighted by Gasteiger charge is -2.13. The first kappa shape index (κ1) is 16.2. The van der Waals surface area contributed by atoms with Crippen molar-refractivity contribution in [2.24, 2.45) is 7.05 Å². The van der Waals surface area contributed by atoms with Crippen molar-refractivity contribution in [2.75, 3.05) is 5.73 Å². The van der Waals surface area contributed by atoms with Crippen LogP contribution in [-0.2, 0) is 7.05 Å². The molecule has 0 aliphatic rings. The van der Waals surface area contributed by atoms with E-state index in [1.807, 2.05) is 0 Å². The number of hydrogen-bond donors (Lipinski definition) is 1. The third kappa shape index (κ3) is 2.36. The van der Waals surface area contributed by atoms with E-state index in [0.717, 1.165) is 0 Å². The minimum absolute atomic E-state index is 0.0145. The van der Waals surface area contributed by atoms with Crippen molar-refractivity contribution < 1.29 is 8.78 Å². The average molecular weight is 425 g/mol. The maximum Gasteiger partial charge on any atom is 0.153 e. The van der Waals surface area contributed by atoms with Gasteiger partial charge in [0, 0.05) is 39.9 Å². The van der Waals surface area contributed by atoms with Gasteiger partial charge in [0.15, 0.2) is 5.82 Å². The van der Waals surface area contributed by atoms with Crippen LogP contribution >= 0.6 is 27.5 Å². The molecule has 4 aromatic rings. The molecule has 0 amide bonds. The van der Waals surface area contributed by atoms with Gasteiger partial charge in [0.05, 0.1) is 10.9 Å². The fourth-order valence-electron chi connectivity index (χ4n) is 2.93. The van der Waals surface area contributed by atoms with Crippen molar-refractivity contribution in [3.8, 4) is 11.1 Å². The molecule has 0 saturated carbocycles. The monoisotopic (exact) mass is 423 g/mol. The molecule has 0 saturated heterocycles. The van der Waals surface area contributed by atoms with Crippen LogP contribution in [-0.4, -0.2) is 19.7 Å². The van der Waals surface area contributed by atoms with Crippen molar-refractivity contribution in [1.29, 1.82) is 0 Å². The highest BCUT2D eigenvalue weighted by Gasteiger charge is 2.22. The Balaban J connectivity index is 2.24. The first-order chi connectivity index (χ1) is 11.9. The van der Waals surface area contributed by atoms with Crippen molar-refractivity contribution in [2.45, 2.75) is 0 Å². The highest BCUT2D eigenvalue weighted by Crippen LogP contribution is 2.43. The summed E-state index contributed by atoms with van der Waals surface area (Å²) in [6.45, 7) is 0. The lowest BCUT2D eigenvalue weighted by molar-refractivity contribution is 0.633. The molecule has 2 aromatic carbocycles. The van der Waals surface area contributed by atoms with Gasteiger partial charge in [0.1, 0.15) is 22.8 Å². The summed E-state index contributed by atoms with van der Waals surface area (Å²) in [5.41, 5.74) is 7.71. The number of nitrogens with zero attached hydrogens (tertiary/aromatic N) is 4. The maximum atomic E-state index is 14.4. The van der Waals surface area contributed by atoms with Crippen LogP contribution in [0.4, 0.5) is 14.5 Å². The molecule has 0 atom stereocenters. The Kier molecular flexibility index (Phi) is 3.62. The molecule has 9 heteroatoms. The molecule has 0 aliphatic heterocycles. The maximum absolute atomic E-state index is 14.4. The lowest BCUT2D eigenvalue weighted by atomic mass is 9.97. The molecule has 0 fully saturated rings. The highest BCUT2D eigenvalue weighted by molar-refractivity contribution is 9.10. The second kappa shape index (κ2) is 5.60. The van der Waals surface area contributed by atoms with Crippen LogP contribution in [0.1, 0.15) is 0 Å². The van der Waals surface area contributed by atoms with Gasteiger partial charge in [-0.25, -0.2) is 18.7 Å². The van der Waals surface area contributed by atoms with Crippen LogP contribution in [0.3, 0.4) is 0 Å². The fraction of sp³-hybridized carbons (Fsp3) is 0.0625. The van der Waals surface area contributed by atoms with E-state index in [0.29, 0.717) is 21.0 Å². The van der Waals surface area contributed by atoms with Crippen LogP contribution in [0.25, 0.3) is 32.9 Å². The zero-order valence-electron chi connectivity index (χ0n) is 12.7. The fourth-order valence-corrected chi connectivity index (χ4v) is 3.74. The molecule has 2 aromatic heterocycles. The number of nitrogens with two attached hydrogens (primary N) is 1. The number of halogens is 4. The van der Waals surface area contributed by atoms with Gasteiger partial charge in [-0.2, -0.15) is 5.10 Å². The summed E-state index contributed by atoms with van der Waals surface area (Å²) in [5, 5.41) is 4.67. The van der Waals surface area contributed by atoms with Gasteiger partial charge in [-0.05, 0) is 28.1 Å². The van der Waals surface area contributed by atoms with E-state index in [9.17, 15) is 8.78 Å². The SMILES string of the molecule is Cn1cc2c(-c3c(Br)cc(F)c4c(Cl)ncnc34)c(N)cc(F)c2n1. The molecule has 2 N–H and O–H groups in total. The number of fused-ring (bicyclic) bond motifs is 2. The zero-order chi connectivity index (χ0) is 17.9. The Bertz CT molecular complexity index is 1170. The lowest BCUT2D eigenvalue weighted by Crippen LogP contribution is -1.98. The second-order valence-electron chi connectivity index (χ2n) is 5.49. The summed E-state index contributed by atoms with van der Waals surface area (Å²) in [5.74, 6) is -1.11. The second-order valence-corrected chi connectivity index (χ2v) is 6.70. The average Bonchev–Trinajstić information content (AvgIpc) is 2.92. The number of aromatic nitrogens is 4. The van der Waals surface area contributed by atoms with Gasteiger partial charge in [0.2, 0.25) is 0 Å². The minimum atomic E-state index is -0.570. The van der Waals surface area contributed by atoms with Crippen LogP contribution in [0.5, 0.6) is 0 Å². The van der Waals surface area contributed by atoms with Gasteiger partial charge in [-0.3, -0.25) is 4.68 Å². The van der Waals surface area contributed by atoms with Crippen LogP contribution in [0, 0.1) is 11.6 Å². The number of rotatable bonds is 1. The number of hydrogen-bond acceptors (Lipinski definition) is 4. The molecule has 0 radical (unpaired) electrons. The third-order valence-corrected chi connectivity index (χ3v) is 4.83. The Hall–Kier alpha value is -2.32. The summed E-state index contributed by atoms with van der Waals surface area (Å²) in [6, 6.07) is 2.45. The van der Waals surface area contributed by atoms with Crippen molar-refractivity contribution in [3.05, 3.63) is 45.9 Å².